The summed E-state index contributed by atoms with van der Waals surface area (Å²) in [5.41, 5.74) is 2.32. The van der Waals surface area contributed by atoms with Gasteiger partial charge in [-0.15, -0.1) is 24.0 Å². The lowest BCUT2D eigenvalue weighted by Gasteiger charge is -2.14. The molecule has 1 atom stereocenters. The zero-order valence-electron chi connectivity index (χ0n) is 17.9. The lowest BCUT2D eigenvalue weighted by atomic mass is 10.1. The number of H-pyrrole nitrogens is 1. The van der Waals surface area contributed by atoms with Gasteiger partial charge in [0.15, 0.2) is 5.96 Å². The number of halogens is 1. The van der Waals surface area contributed by atoms with Crippen molar-refractivity contribution in [3.63, 3.8) is 0 Å². The van der Waals surface area contributed by atoms with Gasteiger partial charge in [0.25, 0.3) is 0 Å². The molecule has 3 N–H and O–H groups in total. The Kier molecular flexibility index (Phi) is 9.08. The van der Waals surface area contributed by atoms with Gasteiger partial charge < -0.3 is 29.5 Å². The average molecular weight is 538 g/mol. The molecule has 0 spiro atoms. The normalized spacial score (nSPS) is 16.3. The molecule has 1 aromatic carbocycles. The van der Waals surface area contributed by atoms with Crippen LogP contribution in [0.2, 0.25) is 0 Å². The highest BCUT2D eigenvalue weighted by molar-refractivity contribution is 14.0. The van der Waals surface area contributed by atoms with E-state index < -0.39 is 0 Å². The molecule has 1 unspecified atom stereocenters. The summed E-state index contributed by atoms with van der Waals surface area (Å²) in [5.74, 6) is 2.67. The Morgan fingerprint density at radius 1 is 1.19 bits per heavy atom. The van der Waals surface area contributed by atoms with Crippen molar-refractivity contribution >= 4 is 40.8 Å². The van der Waals surface area contributed by atoms with Crippen molar-refractivity contribution in [2.75, 3.05) is 33.4 Å². The van der Waals surface area contributed by atoms with E-state index in [4.69, 9.17) is 18.9 Å². The Hall–Kier alpha value is -2.20. The van der Waals surface area contributed by atoms with Gasteiger partial charge in [-0.2, -0.15) is 0 Å². The van der Waals surface area contributed by atoms with Crippen LogP contribution in [0.3, 0.4) is 0 Å². The predicted molar refractivity (Wildman–Crippen MR) is 134 cm³/mol. The fourth-order valence-electron chi connectivity index (χ4n) is 3.82. The Morgan fingerprint density at radius 2 is 2.06 bits per heavy atom. The van der Waals surface area contributed by atoms with Crippen LogP contribution >= 0.6 is 24.0 Å². The number of furan rings is 1. The monoisotopic (exact) mass is 538 g/mol. The number of methoxy groups -OCH3 is 1. The van der Waals surface area contributed by atoms with Crippen LogP contribution in [0.1, 0.15) is 24.2 Å². The molecule has 1 fully saturated rings. The Morgan fingerprint density at radius 3 is 2.81 bits per heavy atom. The van der Waals surface area contributed by atoms with Crippen LogP contribution < -0.4 is 15.4 Å². The largest absolute Gasteiger partial charge is 0.496 e. The third-order valence-corrected chi connectivity index (χ3v) is 5.38. The van der Waals surface area contributed by atoms with Gasteiger partial charge in [0, 0.05) is 43.2 Å². The molecule has 0 aliphatic carbocycles. The second kappa shape index (κ2) is 12.0. The SMILES string of the molecule is COc1cccc2[nH]cc(CCNC(=NCC3CCCO3)NCCc3ccco3)c12.I. The Bertz CT molecular complexity index is 949. The fraction of sp³-hybridized carbons (Fsp3) is 0.435. The van der Waals surface area contributed by atoms with Crippen molar-refractivity contribution in [2.24, 2.45) is 4.99 Å². The highest BCUT2D eigenvalue weighted by atomic mass is 127. The molecule has 0 bridgehead atoms. The first-order valence-electron chi connectivity index (χ1n) is 10.6. The van der Waals surface area contributed by atoms with Crippen molar-refractivity contribution in [3.8, 4) is 5.75 Å². The first-order valence-corrected chi connectivity index (χ1v) is 10.6. The maximum absolute atomic E-state index is 5.71. The van der Waals surface area contributed by atoms with Crippen molar-refractivity contribution < 1.29 is 13.9 Å². The van der Waals surface area contributed by atoms with E-state index in [9.17, 15) is 0 Å². The zero-order chi connectivity index (χ0) is 20.6. The van der Waals surface area contributed by atoms with Crippen molar-refractivity contribution in [2.45, 2.75) is 31.8 Å². The topological polar surface area (TPSA) is 83.8 Å². The number of aliphatic imine (C=N–C) groups is 1. The minimum absolute atomic E-state index is 0. The van der Waals surface area contributed by atoms with E-state index in [0.29, 0.717) is 6.54 Å². The predicted octanol–water partition coefficient (Wildman–Crippen LogP) is 3.89. The van der Waals surface area contributed by atoms with Gasteiger partial charge in [0.1, 0.15) is 11.5 Å². The zero-order valence-corrected chi connectivity index (χ0v) is 20.2. The Labute approximate surface area is 200 Å². The molecule has 0 amide bonds. The van der Waals surface area contributed by atoms with Crippen LogP contribution in [0.25, 0.3) is 10.9 Å². The Balaban J connectivity index is 0.00000272. The van der Waals surface area contributed by atoms with Crippen molar-refractivity contribution in [1.82, 2.24) is 15.6 Å². The second-order valence-corrected chi connectivity index (χ2v) is 7.45. The van der Waals surface area contributed by atoms with Gasteiger partial charge in [-0.3, -0.25) is 4.99 Å². The number of benzene rings is 1. The number of guanidine groups is 1. The second-order valence-electron chi connectivity index (χ2n) is 7.45. The van der Waals surface area contributed by atoms with Gasteiger partial charge in [0.05, 0.1) is 26.0 Å². The number of hydrogen-bond donors (Lipinski definition) is 3. The van der Waals surface area contributed by atoms with Crippen LogP contribution in [0.15, 0.2) is 52.2 Å². The lowest BCUT2D eigenvalue weighted by Crippen LogP contribution is -2.40. The molecule has 1 aliphatic rings. The van der Waals surface area contributed by atoms with Crippen LogP contribution in [0.5, 0.6) is 5.75 Å². The summed E-state index contributed by atoms with van der Waals surface area (Å²) in [4.78, 5) is 8.08. The van der Waals surface area contributed by atoms with E-state index in [1.165, 1.54) is 5.56 Å². The minimum Gasteiger partial charge on any atom is -0.496 e. The molecule has 0 radical (unpaired) electrons. The standard InChI is InChI=1S/C23H30N4O3.HI/c1-28-21-8-2-7-20-22(21)17(15-26-20)9-11-24-23(27-16-19-6-4-14-30-19)25-12-10-18-5-3-13-29-18;/h2-3,5,7-8,13,15,19,26H,4,6,9-12,14,16H2,1H3,(H2,24,25,27);1H. The molecular weight excluding hydrogens is 507 g/mol. The van der Waals surface area contributed by atoms with Gasteiger partial charge in [-0.05, 0) is 49.1 Å². The number of nitrogens with one attached hydrogen (secondary N) is 3. The van der Waals surface area contributed by atoms with E-state index in [-0.39, 0.29) is 30.1 Å². The highest BCUT2D eigenvalue weighted by Gasteiger charge is 2.15. The van der Waals surface area contributed by atoms with Crippen LogP contribution in [-0.2, 0) is 17.6 Å². The molecule has 3 heterocycles. The molecule has 31 heavy (non-hydrogen) atoms. The molecule has 7 nitrogen and oxygen atoms in total. The molecular formula is C23H31IN4O3. The first kappa shape index (κ1) is 23.5. The molecule has 4 rings (SSSR count). The van der Waals surface area contributed by atoms with E-state index in [1.807, 2.05) is 24.3 Å². The lowest BCUT2D eigenvalue weighted by molar-refractivity contribution is 0.117. The summed E-state index contributed by atoms with van der Waals surface area (Å²) in [5, 5.41) is 8.02. The van der Waals surface area contributed by atoms with Gasteiger partial charge in [0.2, 0.25) is 0 Å². The molecule has 0 saturated carbocycles. The molecule has 8 heteroatoms. The van der Waals surface area contributed by atoms with E-state index in [2.05, 4.69) is 27.9 Å². The maximum atomic E-state index is 5.71. The van der Waals surface area contributed by atoms with Crippen molar-refractivity contribution in [1.29, 1.82) is 0 Å². The highest BCUT2D eigenvalue weighted by Crippen LogP contribution is 2.28. The number of rotatable bonds is 9. The van der Waals surface area contributed by atoms with E-state index in [1.54, 1.807) is 13.4 Å². The number of nitrogens with zero attached hydrogens (tertiary/aromatic N) is 1. The third-order valence-electron chi connectivity index (χ3n) is 5.38. The summed E-state index contributed by atoms with van der Waals surface area (Å²) in [7, 11) is 1.71. The quantitative estimate of drug-likeness (QED) is 0.219. The number of ether oxygens (including phenoxy) is 2. The average Bonchev–Trinajstić information content (AvgIpc) is 3.53. The summed E-state index contributed by atoms with van der Waals surface area (Å²) >= 11 is 0. The number of aromatic amines is 1. The molecule has 168 valence electrons. The van der Waals surface area contributed by atoms with Gasteiger partial charge in [-0.1, -0.05) is 6.07 Å². The number of hydrogen-bond acceptors (Lipinski definition) is 4. The minimum atomic E-state index is 0. The van der Waals surface area contributed by atoms with Gasteiger partial charge in [-0.25, -0.2) is 0 Å². The summed E-state index contributed by atoms with van der Waals surface area (Å²) in [6, 6.07) is 9.97. The fourth-order valence-corrected chi connectivity index (χ4v) is 3.82. The number of fused-ring (bicyclic) bond motifs is 1. The van der Waals surface area contributed by atoms with Crippen LogP contribution in [-0.4, -0.2) is 50.4 Å². The number of aromatic nitrogens is 1. The summed E-state index contributed by atoms with van der Waals surface area (Å²) in [6.07, 6.45) is 7.87. The van der Waals surface area contributed by atoms with E-state index in [0.717, 1.165) is 73.8 Å². The van der Waals surface area contributed by atoms with Crippen molar-refractivity contribution in [3.05, 3.63) is 54.1 Å². The summed E-state index contributed by atoms with van der Waals surface area (Å²) in [6.45, 7) is 3.04. The summed E-state index contributed by atoms with van der Waals surface area (Å²) < 4.78 is 16.7. The van der Waals surface area contributed by atoms with Gasteiger partial charge >= 0.3 is 0 Å². The third kappa shape index (κ3) is 6.39. The van der Waals surface area contributed by atoms with E-state index >= 15 is 0 Å². The molecule has 1 aliphatic heterocycles. The molecule has 2 aromatic heterocycles. The van der Waals surface area contributed by atoms with Crippen LogP contribution in [0.4, 0.5) is 0 Å². The van der Waals surface area contributed by atoms with Crippen LogP contribution in [0, 0.1) is 0 Å². The maximum Gasteiger partial charge on any atom is 0.191 e. The molecule has 3 aromatic rings. The first-order chi connectivity index (χ1) is 14.8. The smallest absolute Gasteiger partial charge is 0.191 e. The molecule has 1 saturated heterocycles.